The molecule has 2 aromatic carbocycles. The lowest BCUT2D eigenvalue weighted by Crippen LogP contribution is -2.47. The second kappa shape index (κ2) is 9.22. The molecule has 2 amide bonds. The standard InChI is InChI=1S/C26H28IN3O4/c1-17(24(31)30-11-9-29(2)10-12-30)13-18-14-20(4-5-21(18)27)28-25(32)26(7-8-26)19-3-6-22-23(15-19)34-16-33-22/h3-6,13-15H,7-12,16H2,1-2H3,(H,28,32). The molecule has 5 rings (SSSR count). The highest BCUT2D eigenvalue weighted by molar-refractivity contribution is 14.1. The van der Waals surface area contributed by atoms with Crippen molar-refractivity contribution in [3.63, 3.8) is 0 Å². The van der Waals surface area contributed by atoms with Crippen LogP contribution >= 0.6 is 22.6 Å². The quantitative estimate of drug-likeness (QED) is 0.435. The number of rotatable bonds is 5. The van der Waals surface area contributed by atoms with Crippen molar-refractivity contribution < 1.29 is 19.1 Å². The topological polar surface area (TPSA) is 71.1 Å². The maximum absolute atomic E-state index is 13.3. The molecule has 8 heteroatoms. The Morgan fingerprint density at radius 3 is 2.50 bits per heavy atom. The van der Waals surface area contributed by atoms with Gasteiger partial charge in [0.05, 0.1) is 5.41 Å². The van der Waals surface area contributed by atoms with Crippen LogP contribution in [0.1, 0.15) is 30.9 Å². The van der Waals surface area contributed by atoms with Gasteiger partial charge in [-0.2, -0.15) is 0 Å². The predicted octanol–water partition coefficient (Wildman–Crippen LogP) is 3.87. The van der Waals surface area contributed by atoms with Crippen molar-refractivity contribution in [2.24, 2.45) is 0 Å². The minimum Gasteiger partial charge on any atom is -0.454 e. The van der Waals surface area contributed by atoms with Crippen LogP contribution in [-0.2, 0) is 15.0 Å². The van der Waals surface area contributed by atoms with E-state index < -0.39 is 5.41 Å². The average molecular weight is 573 g/mol. The highest BCUT2D eigenvalue weighted by atomic mass is 127. The molecule has 0 unspecified atom stereocenters. The van der Waals surface area contributed by atoms with Crippen molar-refractivity contribution >= 4 is 46.2 Å². The molecule has 1 saturated heterocycles. The van der Waals surface area contributed by atoms with Crippen LogP contribution in [0.3, 0.4) is 0 Å². The second-order valence-electron chi connectivity index (χ2n) is 9.26. The van der Waals surface area contributed by atoms with Crippen molar-refractivity contribution in [2.75, 3.05) is 45.3 Å². The van der Waals surface area contributed by atoms with Gasteiger partial charge in [-0.25, -0.2) is 0 Å². The SMILES string of the molecule is CC(=Cc1cc(NC(=O)C2(c3ccc4c(c3)OCO4)CC2)ccc1I)C(=O)N1CCN(C)CC1. The Labute approximate surface area is 213 Å². The molecule has 2 fully saturated rings. The van der Waals surface area contributed by atoms with E-state index in [0.717, 1.165) is 65.2 Å². The van der Waals surface area contributed by atoms with Gasteiger partial charge in [0.2, 0.25) is 18.6 Å². The Hall–Kier alpha value is -2.59. The lowest BCUT2D eigenvalue weighted by Gasteiger charge is -2.32. The molecule has 2 heterocycles. The van der Waals surface area contributed by atoms with Gasteiger partial charge >= 0.3 is 0 Å². The van der Waals surface area contributed by atoms with Gasteiger partial charge in [0.1, 0.15) is 0 Å². The molecular formula is C26H28IN3O4. The number of likely N-dealkylation sites (N-methyl/N-ethyl adjacent to an activating group) is 1. The number of nitrogens with zero attached hydrogens (tertiary/aromatic N) is 2. The Morgan fingerprint density at radius 1 is 1.03 bits per heavy atom. The van der Waals surface area contributed by atoms with E-state index in [0.29, 0.717) is 11.3 Å². The highest BCUT2D eigenvalue weighted by Gasteiger charge is 2.51. The normalized spacial score (nSPS) is 19.1. The fraction of sp³-hybridized carbons (Fsp3) is 0.385. The molecule has 0 spiro atoms. The number of amides is 2. The van der Waals surface area contributed by atoms with E-state index in [2.05, 4.69) is 39.9 Å². The van der Waals surface area contributed by atoms with Gasteiger partial charge in [-0.05, 0) is 96.9 Å². The van der Waals surface area contributed by atoms with E-state index in [-0.39, 0.29) is 18.6 Å². The third-order valence-electron chi connectivity index (χ3n) is 6.86. The summed E-state index contributed by atoms with van der Waals surface area (Å²) < 4.78 is 11.9. The number of hydrogen-bond acceptors (Lipinski definition) is 5. The molecule has 1 saturated carbocycles. The fourth-order valence-corrected chi connectivity index (χ4v) is 4.99. The zero-order valence-electron chi connectivity index (χ0n) is 19.4. The summed E-state index contributed by atoms with van der Waals surface area (Å²) in [5, 5.41) is 3.10. The summed E-state index contributed by atoms with van der Waals surface area (Å²) in [5.41, 5.74) is 2.76. The molecule has 0 atom stereocenters. The molecule has 0 bridgehead atoms. The molecule has 0 aromatic heterocycles. The number of halogens is 1. The third-order valence-corrected chi connectivity index (χ3v) is 7.85. The van der Waals surface area contributed by atoms with Gasteiger partial charge in [-0.1, -0.05) is 6.07 Å². The first-order valence-electron chi connectivity index (χ1n) is 11.5. The Balaban J connectivity index is 1.31. The number of benzene rings is 2. The summed E-state index contributed by atoms with van der Waals surface area (Å²) in [6.45, 7) is 5.35. The van der Waals surface area contributed by atoms with Crippen LogP contribution in [-0.4, -0.2) is 61.6 Å². The number of ether oxygens (including phenoxy) is 2. The van der Waals surface area contributed by atoms with E-state index in [1.807, 2.05) is 54.3 Å². The monoisotopic (exact) mass is 573 g/mol. The number of piperazine rings is 1. The van der Waals surface area contributed by atoms with Crippen LogP contribution in [0.4, 0.5) is 5.69 Å². The molecule has 2 aliphatic heterocycles. The summed E-state index contributed by atoms with van der Waals surface area (Å²) in [6.07, 6.45) is 3.52. The fourth-order valence-electron chi connectivity index (χ4n) is 4.50. The van der Waals surface area contributed by atoms with Crippen LogP contribution in [0.25, 0.3) is 6.08 Å². The van der Waals surface area contributed by atoms with Crippen molar-refractivity contribution in [3.05, 3.63) is 56.7 Å². The molecule has 0 radical (unpaired) electrons. The molecular weight excluding hydrogens is 545 g/mol. The molecule has 3 aliphatic rings. The first-order valence-corrected chi connectivity index (χ1v) is 12.6. The Morgan fingerprint density at radius 2 is 1.76 bits per heavy atom. The average Bonchev–Trinajstić information content (AvgIpc) is 3.52. The lowest BCUT2D eigenvalue weighted by molar-refractivity contribution is -0.128. The zero-order valence-corrected chi connectivity index (χ0v) is 21.6. The van der Waals surface area contributed by atoms with Crippen molar-refractivity contribution in [3.8, 4) is 11.5 Å². The third kappa shape index (κ3) is 4.53. The van der Waals surface area contributed by atoms with E-state index in [1.165, 1.54) is 0 Å². The van der Waals surface area contributed by atoms with Crippen molar-refractivity contribution in [1.29, 1.82) is 0 Å². The van der Waals surface area contributed by atoms with Gasteiger partial charge in [-0.15, -0.1) is 0 Å². The number of fused-ring (bicyclic) bond motifs is 1. The van der Waals surface area contributed by atoms with E-state index >= 15 is 0 Å². The predicted molar refractivity (Wildman–Crippen MR) is 139 cm³/mol. The van der Waals surface area contributed by atoms with Gasteiger partial charge in [0.15, 0.2) is 11.5 Å². The highest BCUT2D eigenvalue weighted by Crippen LogP contribution is 2.51. The largest absolute Gasteiger partial charge is 0.454 e. The first kappa shape index (κ1) is 23.2. The van der Waals surface area contributed by atoms with E-state index in [4.69, 9.17) is 9.47 Å². The van der Waals surface area contributed by atoms with Crippen LogP contribution in [0.2, 0.25) is 0 Å². The van der Waals surface area contributed by atoms with E-state index in [9.17, 15) is 9.59 Å². The summed E-state index contributed by atoms with van der Waals surface area (Å²) in [7, 11) is 2.07. The number of hydrogen-bond donors (Lipinski definition) is 1. The number of carbonyl (C=O) groups is 2. The van der Waals surface area contributed by atoms with Crippen LogP contribution in [0.5, 0.6) is 11.5 Å². The summed E-state index contributed by atoms with van der Waals surface area (Å²) in [6, 6.07) is 11.6. The van der Waals surface area contributed by atoms with Gasteiger partial charge < -0.3 is 24.6 Å². The minimum absolute atomic E-state index is 0.0206. The summed E-state index contributed by atoms with van der Waals surface area (Å²) >= 11 is 2.26. The first-order chi connectivity index (χ1) is 16.4. The number of carbonyl (C=O) groups excluding carboxylic acids is 2. The minimum atomic E-state index is -0.534. The van der Waals surface area contributed by atoms with Crippen molar-refractivity contribution in [2.45, 2.75) is 25.2 Å². The molecule has 34 heavy (non-hydrogen) atoms. The Bertz CT molecular complexity index is 1170. The maximum atomic E-state index is 13.3. The van der Waals surface area contributed by atoms with Crippen LogP contribution in [0.15, 0.2) is 42.0 Å². The summed E-state index contributed by atoms with van der Waals surface area (Å²) in [4.78, 5) is 30.3. The lowest BCUT2D eigenvalue weighted by atomic mass is 9.94. The molecule has 1 N–H and O–H groups in total. The van der Waals surface area contributed by atoms with Crippen molar-refractivity contribution in [1.82, 2.24) is 9.80 Å². The van der Waals surface area contributed by atoms with Crippen LogP contribution in [0, 0.1) is 3.57 Å². The van der Waals surface area contributed by atoms with Crippen LogP contribution < -0.4 is 14.8 Å². The molecule has 7 nitrogen and oxygen atoms in total. The molecule has 2 aromatic rings. The second-order valence-corrected chi connectivity index (χ2v) is 10.4. The van der Waals surface area contributed by atoms with E-state index in [1.54, 1.807) is 0 Å². The maximum Gasteiger partial charge on any atom is 0.249 e. The number of anilines is 1. The smallest absolute Gasteiger partial charge is 0.249 e. The zero-order chi connectivity index (χ0) is 23.9. The van der Waals surface area contributed by atoms with Gasteiger partial charge in [-0.3, -0.25) is 9.59 Å². The molecule has 178 valence electrons. The Kier molecular flexibility index (Phi) is 6.28. The van der Waals surface area contributed by atoms with Gasteiger partial charge in [0.25, 0.3) is 0 Å². The summed E-state index contributed by atoms with van der Waals surface area (Å²) in [5.74, 6) is 1.46. The molecule has 1 aliphatic carbocycles. The number of nitrogens with one attached hydrogen (secondary N) is 1. The van der Waals surface area contributed by atoms with Gasteiger partial charge in [0, 0.05) is 41.0 Å².